The number of carbonyl (C=O) groups is 2. The Balaban J connectivity index is 0.00000190. The molecule has 1 aromatic rings. The van der Waals surface area contributed by atoms with Gasteiger partial charge in [-0.1, -0.05) is 61.3 Å². The topological polar surface area (TPSA) is 60.4 Å². The van der Waals surface area contributed by atoms with E-state index in [9.17, 15) is 9.59 Å². The van der Waals surface area contributed by atoms with Gasteiger partial charge in [0.15, 0.2) is 5.78 Å². The van der Waals surface area contributed by atoms with Crippen LogP contribution in [0.15, 0.2) is 12.1 Å². The van der Waals surface area contributed by atoms with Crippen LogP contribution >= 0.6 is 9.12 Å². The van der Waals surface area contributed by atoms with Crippen LogP contribution in [-0.2, 0) is 14.1 Å². The van der Waals surface area contributed by atoms with Crippen LogP contribution in [0.2, 0.25) is 0 Å². The Kier molecular flexibility index (Phi) is 11.2. The summed E-state index contributed by atoms with van der Waals surface area (Å²) in [7, 11) is 1.17. The van der Waals surface area contributed by atoms with Crippen molar-refractivity contribution in [2.24, 2.45) is 11.8 Å². The zero-order valence-electron chi connectivity index (χ0n) is 17.9. The molecule has 0 aliphatic heterocycles. The molecule has 0 spiro atoms. The van der Waals surface area contributed by atoms with E-state index in [0.717, 1.165) is 67.2 Å². The molecule has 1 fully saturated rings. The Morgan fingerprint density at radius 2 is 1.61 bits per heavy atom. The molecular formula is C23H36O4P+. The monoisotopic (exact) mass is 407 g/mol. The second kappa shape index (κ2) is 12.8. The fraction of sp³-hybridized carbons (Fsp3) is 0.652. The van der Waals surface area contributed by atoms with E-state index in [2.05, 4.69) is 6.92 Å². The van der Waals surface area contributed by atoms with Gasteiger partial charge < -0.3 is 4.74 Å². The Morgan fingerprint density at radius 3 is 2.14 bits per heavy atom. The van der Waals surface area contributed by atoms with Crippen molar-refractivity contribution >= 4 is 20.9 Å². The number of Topliss-reactive ketones (excluding diaryl/α,β-unsaturated/α-hetero) is 1. The third-order valence-electron chi connectivity index (χ3n) is 5.57. The fourth-order valence-corrected chi connectivity index (χ4v) is 4.32. The number of hydrogen-bond donors (Lipinski definition) is 0. The highest BCUT2D eigenvalue weighted by Gasteiger charge is 2.38. The zero-order chi connectivity index (χ0) is 21.1. The normalized spacial score (nSPS) is 15.3. The smallest absolute Gasteiger partial charge is 0.317 e. The molecular weight excluding hydrogens is 371 g/mol. The maximum Gasteiger partial charge on any atom is 0.317 e. The van der Waals surface area contributed by atoms with E-state index in [0.29, 0.717) is 6.61 Å². The number of esters is 1. The standard InChI is InChI=1S/C23H34O3.H2OP/c1-5-6-10-13-26-23(25)21(19-11-8-7-9-12-19)22(24)20-17(3)14-16(2)15-18(20)4;1-2/h14-15,19,21H,5-13H2,1-4H3;2H2/q;+1. The molecule has 156 valence electrons. The average Bonchev–Trinajstić information content (AvgIpc) is 2.67. The van der Waals surface area contributed by atoms with Gasteiger partial charge in [-0.2, -0.15) is 0 Å². The number of benzene rings is 1. The Bertz CT molecular complexity index is 627. The lowest BCUT2D eigenvalue weighted by Gasteiger charge is -2.28. The summed E-state index contributed by atoms with van der Waals surface area (Å²) in [6.07, 6.45) is 8.30. The van der Waals surface area contributed by atoms with E-state index in [1.807, 2.05) is 32.9 Å². The molecule has 1 saturated carbocycles. The van der Waals surface area contributed by atoms with Gasteiger partial charge in [0.1, 0.15) is 5.92 Å². The first-order valence-electron chi connectivity index (χ1n) is 10.5. The second-order valence-corrected chi connectivity index (χ2v) is 7.89. The van der Waals surface area contributed by atoms with Crippen LogP contribution < -0.4 is 0 Å². The molecule has 0 aromatic heterocycles. The maximum atomic E-state index is 13.4. The maximum absolute atomic E-state index is 13.4. The second-order valence-electron chi connectivity index (χ2n) is 7.89. The SMILES string of the molecule is CCCCCOC(=O)C(C(=O)c1c(C)cc(C)cc1C)C1CCCCC1.O=[PH2+]. The molecule has 1 aliphatic carbocycles. The van der Waals surface area contributed by atoms with Crippen LogP contribution in [0.3, 0.4) is 0 Å². The highest BCUT2D eigenvalue weighted by molar-refractivity contribution is 7.00. The summed E-state index contributed by atoms with van der Waals surface area (Å²) in [5.74, 6) is -0.864. The Morgan fingerprint density at radius 1 is 1.04 bits per heavy atom. The first kappa shape index (κ1) is 24.5. The summed E-state index contributed by atoms with van der Waals surface area (Å²) in [5.41, 5.74) is 3.80. The van der Waals surface area contributed by atoms with Crippen LogP contribution in [0.1, 0.15) is 85.3 Å². The van der Waals surface area contributed by atoms with Gasteiger partial charge in [-0.15, -0.1) is 0 Å². The van der Waals surface area contributed by atoms with Crippen molar-refractivity contribution in [3.8, 4) is 0 Å². The van der Waals surface area contributed by atoms with Gasteiger partial charge in [0, 0.05) is 5.56 Å². The van der Waals surface area contributed by atoms with Crippen molar-refractivity contribution in [2.45, 2.75) is 79.1 Å². The molecule has 2 atom stereocenters. The first-order chi connectivity index (χ1) is 13.5. The summed E-state index contributed by atoms with van der Waals surface area (Å²) >= 11 is 0. The van der Waals surface area contributed by atoms with Gasteiger partial charge >= 0.3 is 15.1 Å². The molecule has 0 amide bonds. The van der Waals surface area contributed by atoms with Crippen molar-refractivity contribution in [3.63, 3.8) is 0 Å². The lowest BCUT2D eigenvalue weighted by Crippen LogP contribution is -2.35. The minimum absolute atomic E-state index is 0.0348. The highest BCUT2D eigenvalue weighted by atomic mass is 31.0. The van der Waals surface area contributed by atoms with Gasteiger partial charge in [0.2, 0.25) is 0 Å². The molecule has 0 bridgehead atoms. The predicted molar refractivity (Wildman–Crippen MR) is 116 cm³/mol. The average molecular weight is 408 g/mol. The van der Waals surface area contributed by atoms with E-state index < -0.39 is 5.92 Å². The molecule has 1 aliphatic rings. The van der Waals surface area contributed by atoms with E-state index in [1.165, 1.54) is 15.5 Å². The summed E-state index contributed by atoms with van der Waals surface area (Å²) < 4.78 is 13.7. The van der Waals surface area contributed by atoms with Crippen molar-refractivity contribution in [1.82, 2.24) is 0 Å². The van der Waals surface area contributed by atoms with Crippen LogP contribution in [0.25, 0.3) is 0 Å². The van der Waals surface area contributed by atoms with E-state index in [4.69, 9.17) is 9.30 Å². The Labute approximate surface area is 172 Å². The lowest BCUT2D eigenvalue weighted by atomic mass is 9.75. The number of aryl methyl sites for hydroxylation is 3. The highest BCUT2D eigenvalue weighted by Crippen LogP contribution is 2.34. The van der Waals surface area contributed by atoms with Crippen LogP contribution in [0.5, 0.6) is 0 Å². The molecule has 5 heteroatoms. The largest absolute Gasteiger partial charge is 0.465 e. The number of rotatable bonds is 8. The first-order valence-corrected chi connectivity index (χ1v) is 10.9. The van der Waals surface area contributed by atoms with E-state index in [-0.39, 0.29) is 17.7 Å². The predicted octanol–water partition coefficient (Wildman–Crippen LogP) is 5.93. The third-order valence-corrected chi connectivity index (χ3v) is 5.57. The lowest BCUT2D eigenvalue weighted by molar-refractivity contribution is -0.148. The fourth-order valence-electron chi connectivity index (χ4n) is 4.32. The molecule has 28 heavy (non-hydrogen) atoms. The summed E-state index contributed by atoms with van der Waals surface area (Å²) in [6, 6.07) is 4.06. The number of hydrogen-bond acceptors (Lipinski definition) is 4. The molecule has 2 rings (SSSR count). The van der Waals surface area contributed by atoms with E-state index >= 15 is 0 Å². The van der Waals surface area contributed by atoms with Gasteiger partial charge in [0.25, 0.3) is 0 Å². The van der Waals surface area contributed by atoms with Gasteiger partial charge in [0.05, 0.1) is 6.61 Å². The minimum atomic E-state index is -0.642. The van der Waals surface area contributed by atoms with Crippen molar-refractivity contribution in [1.29, 1.82) is 0 Å². The van der Waals surface area contributed by atoms with Crippen LogP contribution in [0, 0.1) is 32.6 Å². The summed E-state index contributed by atoms with van der Waals surface area (Å²) in [4.78, 5) is 26.3. The molecule has 0 saturated heterocycles. The summed E-state index contributed by atoms with van der Waals surface area (Å²) in [5, 5.41) is 0. The third kappa shape index (κ3) is 6.81. The number of ketones is 1. The molecule has 4 nitrogen and oxygen atoms in total. The van der Waals surface area contributed by atoms with Crippen molar-refractivity contribution in [3.05, 3.63) is 34.4 Å². The zero-order valence-corrected chi connectivity index (χ0v) is 19.0. The Hall–Kier alpha value is -1.54. The molecule has 0 heterocycles. The molecule has 0 N–H and O–H groups in total. The van der Waals surface area contributed by atoms with Crippen LogP contribution in [-0.4, -0.2) is 18.4 Å². The number of ether oxygens (including phenoxy) is 1. The quantitative estimate of drug-likeness (QED) is 0.176. The summed E-state index contributed by atoms with van der Waals surface area (Å²) in [6.45, 7) is 8.53. The van der Waals surface area contributed by atoms with Crippen molar-refractivity contribution < 1.29 is 18.9 Å². The molecule has 2 unspecified atom stereocenters. The van der Waals surface area contributed by atoms with E-state index in [1.54, 1.807) is 0 Å². The number of unbranched alkanes of at least 4 members (excludes halogenated alkanes) is 2. The number of carbonyl (C=O) groups excluding carboxylic acids is 2. The van der Waals surface area contributed by atoms with Crippen molar-refractivity contribution in [2.75, 3.05) is 6.61 Å². The van der Waals surface area contributed by atoms with Gasteiger partial charge in [-0.05, 0) is 57.1 Å². The molecule has 0 radical (unpaired) electrons. The van der Waals surface area contributed by atoms with Gasteiger partial charge in [-0.25, -0.2) is 0 Å². The molecule has 1 aromatic carbocycles. The van der Waals surface area contributed by atoms with Crippen LogP contribution in [0.4, 0.5) is 0 Å². The minimum Gasteiger partial charge on any atom is -0.465 e. The van der Waals surface area contributed by atoms with Gasteiger partial charge in [-0.3, -0.25) is 9.59 Å².